The van der Waals surface area contributed by atoms with E-state index in [2.05, 4.69) is 12.6 Å². The van der Waals surface area contributed by atoms with Crippen molar-refractivity contribution in [2.75, 3.05) is 21.0 Å². The van der Waals surface area contributed by atoms with Gasteiger partial charge in [-0.1, -0.05) is 0 Å². The highest BCUT2D eigenvalue weighted by atomic mass is 32.1. The van der Waals surface area contributed by atoms with E-state index in [1.807, 2.05) is 0 Å². The smallest absolute Gasteiger partial charge is 0.188 e. The molecule has 88 valence electrons. The number of hydrogen-bond donors (Lipinski definition) is 1. The van der Waals surface area contributed by atoms with Gasteiger partial charge in [0.05, 0.1) is 12.7 Å². The zero-order valence-electron chi connectivity index (χ0n) is 9.23. The van der Waals surface area contributed by atoms with Crippen LogP contribution in [0.25, 0.3) is 0 Å². The van der Waals surface area contributed by atoms with E-state index >= 15 is 0 Å². The van der Waals surface area contributed by atoms with E-state index in [0.717, 1.165) is 11.8 Å². The molecule has 0 atom stereocenters. The predicted molar refractivity (Wildman–Crippen MR) is 63.6 cm³/mol. The van der Waals surface area contributed by atoms with Gasteiger partial charge in [0.1, 0.15) is 11.5 Å². The lowest BCUT2D eigenvalue weighted by atomic mass is 10.1. The first-order chi connectivity index (χ1) is 7.76. The molecule has 0 radical (unpaired) electrons. The monoisotopic (exact) mass is 242 g/mol. The van der Waals surface area contributed by atoms with Crippen LogP contribution in [0.4, 0.5) is 0 Å². The minimum Gasteiger partial charge on any atom is -0.497 e. The second kappa shape index (κ2) is 6.40. The molecule has 1 aromatic carbocycles. The topological polar surface area (TPSA) is 44.8 Å². The molecule has 0 bridgehead atoms. The second-order valence-electron chi connectivity index (χ2n) is 3.03. The molecule has 0 fully saturated rings. The Morgan fingerprint density at radius 3 is 2.62 bits per heavy atom. The molecule has 4 nitrogen and oxygen atoms in total. The maximum Gasteiger partial charge on any atom is 0.188 e. The molecule has 0 saturated heterocycles. The number of carbonyl (C=O) groups excluding carboxylic acids is 1. The number of methoxy groups -OCH3 is 2. The van der Waals surface area contributed by atoms with E-state index in [-0.39, 0.29) is 6.79 Å². The lowest BCUT2D eigenvalue weighted by Crippen LogP contribution is -2.04. The zero-order valence-corrected chi connectivity index (χ0v) is 10.1. The van der Waals surface area contributed by atoms with Crippen LogP contribution in [0.3, 0.4) is 0 Å². The van der Waals surface area contributed by atoms with Gasteiger partial charge < -0.3 is 14.2 Å². The Bertz CT molecular complexity index is 365. The SMILES string of the molecule is COCOc1cc(OC)cc(CS)c1C=O. The number of thiol groups is 1. The summed E-state index contributed by atoms with van der Waals surface area (Å²) in [5.41, 5.74) is 1.25. The van der Waals surface area contributed by atoms with Crippen LogP contribution in [0.15, 0.2) is 12.1 Å². The highest BCUT2D eigenvalue weighted by Gasteiger charge is 2.11. The van der Waals surface area contributed by atoms with Gasteiger partial charge in [-0.05, 0) is 11.6 Å². The van der Waals surface area contributed by atoms with Gasteiger partial charge in [-0.3, -0.25) is 4.79 Å². The van der Waals surface area contributed by atoms with Crippen molar-refractivity contribution in [1.82, 2.24) is 0 Å². The first kappa shape index (κ1) is 12.9. The van der Waals surface area contributed by atoms with Crippen molar-refractivity contribution < 1.29 is 19.0 Å². The molecular weight excluding hydrogens is 228 g/mol. The van der Waals surface area contributed by atoms with E-state index < -0.39 is 0 Å². The first-order valence-corrected chi connectivity index (χ1v) is 5.28. The molecular formula is C11H14O4S. The fourth-order valence-corrected chi connectivity index (χ4v) is 1.54. The highest BCUT2D eigenvalue weighted by Crippen LogP contribution is 2.28. The first-order valence-electron chi connectivity index (χ1n) is 4.65. The van der Waals surface area contributed by atoms with Crippen LogP contribution in [-0.2, 0) is 10.5 Å². The summed E-state index contributed by atoms with van der Waals surface area (Å²) in [6.45, 7) is 0.0834. The minimum atomic E-state index is 0.0834. The molecule has 0 amide bonds. The molecule has 1 aromatic rings. The number of aldehydes is 1. The molecule has 0 aliphatic heterocycles. The standard InChI is InChI=1S/C11H14O4S/c1-13-7-15-11-4-9(14-2)3-8(6-16)10(11)5-12/h3-5,16H,6-7H2,1-2H3. The summed E-state index contributed by atoms with van der Waals surface area (Å²) in [7, 11) is 3.07. The van der Waals surface area contributed by atoms with Gasteiger partial charge in [0.25, 0.3) is 0 Å². The van der Waals surface area contributed by atoms with Crippen molar-refractivity contribution >= 4 is 18.9 Å². The quantitative estimate of drug-likeness (QED) is 0.470. The molecule has 0 N–H and O–H groups in total. The largest absolute Gasteiger partial charge is 0.497 e. The highest BCUT2D eigenvalue weighted by molar-refractivity contribution is 7.79. The number of rotatable bonds is 6. The number of hydrogen-bond acceptors (Lipinski definition) is 5. The Morgan fingerprint density at radius 2 is 2.12 bits per heavy atom. The summed E-state index contributed by atoms with van der Waals surface area (Å²) in [4.78, 5) is 11.0. The van der Waals surface area contributed by atoms with Crippen molar-refractivity contribution in [2.24, 2.45) is 0 Å². The van der Waals surface area contributed by atoms with Gasteiger partial charge in [0, 0.05) is 18.9 Å². The van der Waals surface area contributed by atoms with E-state index in [0.29, 0.717) is 22.8 Å². The van der Waals surface area contributed by atoms with Gasteiger partial charge >= 0.3 is 0 Å². The van der Waals surface area contributed by atoms with Crippen LogP contribution >= 0.6 is 12.6 Å². The van der Waals surface area contributed by atoms with Crippen LogP contribution in [0.2, 0.25) is 0 Å². The normalized spacial score (nSPS) is 9.94. The van der Waals surface area contributed by atoms with Crippen LogP contribution in [0.5, 0.6) is 11.5 Å². The molecule has 1 rings (SSSR count). The number of carbonyl (C=O) groups is 1. The molecule has 0 aliphatic carbocycles. The second-order valence-corrected chi connectivity index (χ2v) is 3.34. The Kier molecular flexibility index (Phi) is 5.14. The van der Waals surface area contributed by atoms with Gasteiger partial charge in [-0.2, -0.15) is 12.6 Å². The van der Waals surface area contributed by atoms with Crippen LogP contribution < -0.4 is 9.47 Å². The Balaban J connectivity index is 3.14. The van der Waals surface area contributed by atoms with Gasteiger partial charge in [-0.25, -0.2) is 0 Å². The maximum atomic E-state index is 11.0. The van der Waals surface area contributed by atoms with E-state index in [9.17, 15) is 4.79 Å². The molecule has 0 heterocycles. The summed E-state index contributed by atoms with van der Waals surface area (Å²) in [5, 5.41) is 0. The Hall–Kier alpha value is -1.20. The van der Waals surface area contributed by atoms with Gasteiger partial charge in [0.2, 0.25) is 0 Å². The summed E-state index contributed by atoms with van der Waals surface area (Å²) in [5.74, 6) is 1.51. The molecule has 0 unspecified atom stereocenters. The average Bonchev–Trinajstić information content (AvgIpc) is 2.34. The molecule has 0 aliphatic rings. The lowest BCUT2D eigenvalue weighted by molar-refractivity contribution is 0.0503. The third-order valence-electron chi connectivity index (χ3n) is 2.06. The Labute approximate surface area is 99.9 Å². The molecule has 5 heteroatoms. The Morgan fingerprint density at radius 1 is 1.38 bits per heavy atom. The lowest BCUT2D eigenvalue weighted by Gasteiger charge is -2.12. The third-order valence-corrected chi connectivity index (χ3v) is 2.40. The zero-order chi connectivity index (χ0) is 12.0. The van der Waals surface area contributed by atoms with Gasteiger partial charge in [0.15, 0.2) is 13.1 Å². The molecule has 16 heavy (non-hydrogen) atoms. The van der Waals surface area contributed by atoms with Crippen molar-refractivity contribution in [3.63, 3.8) is 0 Å². The van der Waals surface area contributed by atoms with Crippen molar-refractivity contribution in [3.8, 4) is 11.5 Å². The number of ether oxygens (including phenoxy) is 3. The van der Waals surface area contributed by atoms with Crippen molar-refractivity contribution in [2.45, 2.75) is 5.75 Å². The average molecular weight is 242 g/mol. The van der Waals surface area contributed by atoms with E-state index in [4.69, 9.17) is 14.2 Å². The van der Waals surface area contributed by atoms with E-state index in [1.165, 1.54) is 7.11 Å². The fraction of sp³-hybridized carbons (Fsp3) is 0.364. The maximum absolute atomic E-state index is 11.0. The molecule has 0 spiro atoms. The molecule has 0 aromatic heterocycles. The predicted octanol–water partition coefficient (Wildman–Crippen LogP) is 1.92. The minimum absolute atomic E-state index is 0.0834. The van der Waals surface area contributed by atoms with Crippen molar-refractivity contribution in [1.29, 1.82) is 0 Å². The van der Waals surface area contributed by atoms with Crippen LogP contribution in [-0.4, -0.2) is 27.3 Å². The summed E-state index contributed by atoms with van der Waals surface area (Å²) in [6.07, 6.45) is 0.746. The van der Waals surface area contributed by atoms with E-state index in [1.54, 1.807) is 19.2 Å². The summed E-state index contributed by atoms with van der Waals surface area (Å²) < 4.78 is 15.2. The van der Waals surface area contributed by atoms with Crippen LogP contribution in [0.1, 0.15) is 15.9 Å². The van der Waals surface area contributed by atoms with Crippen LogP contribution in [0, 0.1) is 0 Å². The fourth-order valence-electron chi connectivity index (χ4n) is 1.28. The summed E-state index contributed by atoms with van der Waals surface area (Å²) in [6, 6.07) is 3.41. The third kappa shape index (κ3) is 2.90. The van der Waals surface area contributed by atoms with Gasteiger partial charge in [-0.15, -0.1) is 0 Å². The van der Waals surface area contributed by atoms with Crippen molar-refractivity contribution in [3.05, 3.63) is 23.3 Å². The number of benzene rings is 1. The summed E-state index contributed by atoms with van der Waals surface area (Å²) >= 11 is 4.16. The molecule has 0 saturated carbocycles.